The second kappa shape index (κ2) is 12.1. The third-order valence-electron chi connectivity index (χ3n) is 3.39. The lowest BCUT2D eigenvalue weighted by atomic mass is 10.2. The molecular weight excluding hydrogens is 244 g/mol. The number of nitrogens with two attached hydrogens (primary N) is 1. The van der Waals surface area contributed by atoms with Gasteiger partial charge >= 0.3 is 8.56 Å². The Morgan fingerprint density at radius 1 is 0.944 bits per heavy atom. The Labute approximate surface area is 114 Å². The molecule has 0 saturated heterocycles. The summed E-state index contributed by atoms with van der Waals surface area (Å²) >= 11 is 0. The van der Waals surface area contributed by atoms with Crippen molar-refractivity contribution in [2.45, 2.75) is 51.1 Å². The van der Waals surface area contributed by atoms with Crippen molar-refractivity contribution in [1.82, 2.24) is 5.32 Å². The van der Waals surface area contributed by atoms with Crippen LogP contribution in [0.15, 0.2) is 0 Å². The van der Waals surface area contributed by atoms with Crippen molar-refractivity contribution in [1.29, 1.82) is 0 Å². The lowest BCUT2D eigenvalue weighted by molar-refractivity contribution is 0.238. The summed E-state index contributed by atoms with van der Waals surface area (Å²) in [6, 6.07) is 2.20. The normalized spacial score (nSPS) is 12.0. The maximum atomic E-state index is 5.74. The fraction of sp³-hybridized carbons (Fsp3) is 1.00. The molecule has 0 amide bonds. The van der Waals surface area contributed by atoms with Crippen LogP contribution in [0.1, 0.15) is 39.0 Å². The Morgan fingerprint density at radius 3 is 2.17 bits per heavy atom. The van der Waals surface area contributed by atoms with Crippen molar-refractivity contribution >= 4 is 8.56 Å². The molecule has 0 saturated carbocycles. The second-order valence-corrected chi connectivity index (χ2v) is 8.41. The quantitative estimate of drug-likeness (QED) is 0.400. The van der Waals surface area contributed by atoms with E-state index in [-0.39, 0.29) is 0 Å². The minimum atomic E-state index is -1.92. The van der Waals surface area contributed by atoms with Crippen LogP contribution >= 0.6 is 0 Å². The maximum absolute atomic E-state index is 5.74. The third-order valence-corrected chi connectivity index (χ3v) is 7.11. The standard InChI is InChI=1S/C13H32N2O2Si/c1-4-5-6-7-12-18(16-2,17-3)13-8-10-15-11-9-14/h15H,4-14H2,1-3H3. The van der Waals surface area contributed by atoms with Crippen LogP contribution in [0.3, 0.4) is 0 Å². The van der Waals surface area contributed by atoms with Crippen LogP contribution in [0, 0.1) is 0 Å². The van der Waals surface area contributed by atoms with E-state index in [9.17, 15) is 0 Å². The van der Waals surface area contributed by atoms with Gasteiger partial charge in [0.2, 0.25) is 0 Å². The van der Waals surface area contributed by atoms with E-state index in [1.807, 2.05) is 14.2 Å². The fourth-order valence-corrected chi connectivity index (χ4v) is 4.88. The summed E-state index contributed by atoms with van der Waals surface area (Å²) in [6.45, 7) is 4.84. The van der Waals surface area contributed by atoms with Gasteiger partial charge in [0.15, 0.2) is 0 Å². The third kappa shape index (κ3) is 8.21. The average Bonchev–Trinajstić information content (AvgIpc) is 2.41. The molecule has 0 unspecified atom stereocenters. The average molecular weight is 276 g/mol. The van der Waals surface area contributed by atoms with Crippen LogP contribution in [-0.4, -0.2) is 42.4 Å². The van der Waals surface area contributed by atoms with Crippen molar-refractivity contribution in [2.75, 3.05) is 33.9 Å². The van der Waals surface area contributed by atoms with Crippen LogP contribution < -0.4 is 11.1 Å². The predicted molar refractivity (Wildman–Crippen MR) is 80.1 cm³/mol. The van der Waals surface area contributed by atoms with Gasteiger partial charge in [-0.1, -0.05) is 32.6 Å². The summed E-state index contributed by atoms with van der Waals surface area (Å²) in [5, 5.41) is 3.32. The zero-order chi connectivity index (χ0) is 13.7. The molecule has 18 heavy (non-hydrogen) atoms. The fourth-order valence-electron chi connectivity index (χ4n) is 2.15. The molecule has 0 aromatic carbocycles. The van der Waals surface area contributed by atoms with Gasteiger partial charge in [-0.15, -0.1) is 0 Å². The Balaban J connectivity index is 3.85. The molecule has 0 bridgehead atoms. The van der Waals surface area contributed by atoms with E-state index >= 15 is 0 Å². The molecule has 0 aliphatic heterocycles. The molecular formula is C13H32N2O2Si. The molecule has 3 N–H and O–H groups in total. The molecule has 0 aliphatic carbocycles. The van der Waals surface area contributed by atoms with Gasteiger partial charge in [0.1, 0.15) is 0 Å². The van der Waals surface area contributed by atoms with Gasteiger partial charge in [0.25, 0.3) is 0 Å². The van der Waals surface area contributed by atoms with Crippen molar-refractivity contribution < 1.29 is 8.85 Å². The van der Waals surface area contributed by atoms with E-state index in [1.54, 1.807) is 0 Å². The molecule has 0 rings (SSSR count). The topological polar surface area (TPSA) is 56.5 Å². The first-order chi connectivity index (χ1) is 8.74. The Morgan fingerprint density at radius 2 is 1.61 bits per heavy atom. The van der Waals surface area contributed by atoms with Crippen molar-refractivity contribution in [3.05, 3.63) is 0 Å². The highest BCUT2D eigenvalue weighted by Crippen LogP contribution is 2.22. The van der Waals surface area contributed by atoms with E-state index in [0.29, 0.717) is 6.54 Å². The number of hydrogen-bond acceptors (Lipinski definition) is 4. The van der Waals surface area contributed by atoms with Gasteiger partial charge in [0.05, 0.1) is 0 Å². The summed E-state index contributed by atoms with van der Waals surface area (Å²) in [5.41, 5.74) is 5.44. The SMILES string of the molecule is CCCCCC[Si](CCCNCCN)(OC)OC. The van der Waals surface area contributed by atoms with E-state index in [1.165, 1.54) is 25.7 Å². The lowest BCUT2D eigenvalue weighted by Crippen LogP contribution is -2.40. The van der Waals surface area contributed by atoms with Crippen LogP contribution in [0.25, 0.3) is 0 Å². The zero-order valence-electron chi connectivity index (χ0n) is 12.5. The van der Waals surface area contributed by atoms with Gasteiger partial charge in [0, 0.05) is 27.3 Å². The van der Waals surface area contributed by atoms with E-state index in [4.69, 9.17) is 14.6 Å². The summed E-state index contributed by atoms with van der Waals surface area (Å²) in [6.07, 6.45) is 6.23. The van der Waals surface area contributed by atoms with E-state index in [2.05, 4.69) is 12.2 Å². The molecule has 4 nitrogen and oxygen atoms in total. The monoisotopic (exact) mass is 276 g/mol. The molecule has 110 valence electrons. The summed E-state index contributed by atoms with van der Waals surface area (Å²) in [5.74, 6) is 0. The molecule has 0 fully saturated rings. The maximum Gasteiger partial charge on any atom is 0.337 e. The highest BCUT2D eigenvalue weighted by atomic mass is 28.4. The first kappa shape index (κ1) is 18.1. The van der Waals surface area contributed by atoms with Crippen LogP contribution in [0.4, 0.5) is 0 Å². The molecule has 0 atom stereocenters. The Hall–Kier alpha value is 0.0569. The summed E-state index contributed by atoms with van der Waals surface area (Å²) in [4.78, 5) is 0. The van der Waals surface area contributed by atoms with Crippen LogP contribution in [0.5, 0.6) is 0 Å². The van der Waals surface area contributed by atoms with Gasteiger partial charge < -0.3 is 19.9 Å². The molecule has 0 radical (unpaired) electrons. The largest absolute Gasteiger partial charge is 0.398 e. The molecule has 0 aromatic heterocycles. The van der Waals surface area contributed by atoms with Gasteiger partial charge in [-0.3, -0.25) is 0 Å². The first-order valence-electron chi connectivity index (χ1n) is 7.25. The van der Waals surface area contributed by atoms with Gasteiger partial charge in [-0.25, -0.2) is 0 Å². The number of nitrogens with one attached hydrogen (secondary N) is 1. The summed E-state index contributed by atoms with van der Waals surface area (Å²) in [7, 11) is 1.69. The highest BCUT2D eigenvalue weighted by molar-refractivity contribution is 6.67. The van der Waals surface area contributed by atoms with Crippen molar-refractivity contribution in [3.63, 3.8) is 0 Å². The van der Waals surface area contributed by atoms with E-state index < -0.39 is 8.56 Å². The highest BCUT2D eigenvalue weighted by Gasteiger charge is 2.33. The molecule has 0 aliphatic rings. The first-order valence-corrected chi connectivity index (χ1v) is 9.49. The molecule has 5 heteroatoms. The number of hydrogen-bond donors (Lipinski definition) is 2. The number of unbranched alkanes of at least 4 members (excludes halogenated alkanes) is 3. The minimum absolute atomic E-state index is 0.703. The number of rotatable bonds is 13. The van der Waals surface area contributed by atoms with Crippen LogP contribution in [0.2, 0.25) is 12.1 Å². The predicted octanol–water partition coefficient (Wildman–Crippen LogP) is 2.24. The lowest BCUT2D eigenvalue weighted by Gasteiger charge is -2.27. The Kier molecular flexibility index (Phi) is 12.1. The molecule has 0 aromatic rings. The minimum Gasteiger partial charge on any atom is -0.398 e. The van der Waals surface area contributed by atoms with Crippen molar-refractivity contribution in [3.8, 4) is 0 Å². The van der Waals surface area contributed by atoms with Gasteiger partial charge in [-0.2, -0.15) is 0 Å². The smallest absolute Gasteiger partial charge is 0.337 e. The van der Waals surface area contributed by atoms with Crippen molar-refractivity contribution in [2.24, 2.45) is 5.73 Å². The Bertz CT molecular complexity index is 178. The van der Waals surface area contributed by atoms with Gasteiger partial charge in [-0.05, 0) is 25.1 Å². The zero-order valence-corrected chi connectivity index (χ0v) is 13.5. The van der Waals surface area contributed by atoms with Crippen LogP contribution in [-0.2, 0) is 8.85 Å². The summed E-state index contributed by atoms with van der Waals surface area (Å²) < 4.78 is 11.5. The van der Waals surface area contributed by atoms with E-state index in [0.717, 1.165) is 31.6 Å². The molecule has 0 heterocycles. The molecule has 0 spiro atoms. The second-order valence-electron chi connectivity index (χ2n) is 4.77.